The van der Waals surface area contributed by atoms with E-state index in [1.165, 1.54) is 5.57 Å². The molecule has 0 bridgehead atoms. The Balaban J connectivity index is 2.89. The number of hydrogen-bond acceptors (Lipinski definition) is 2. The van der Waals surface area contributed by atoms with Gasteiger partial charge in [-0.2, -0.15) is 0 Å². The number of phenolic OH excluding ortho intramolecular Hbond substituents is 1. The summed E-state index contributed by atoms with van der Waals surface area (Å²) in [6, 6.07) is 7.16. The zero-order valence-electron chi connectivity index (χ0n) is 7.83. The number of benzene rings is 1. The lowest BCUT2D eigenvalue weighted by Crippen LogP contribution is -2.01. The third-order valence-electron chi connectivity index (χ3n) is 1.96. The van der Waals surface area contributed by atoms with E-state index in [-0.39, 0.29) is 0 Å². The Kier molecular flexibility index (Phi) is 3.53. The lowest BCUT2D eigenvalue weighted by molar-refractivity contribution is 0.475. The first-order chi connectivity index (χ1) is 6.26. The normalized spacial score (nSPS) is 11.7. The van der Waals surface area contributed by atoms with Crippen LogP contribution in [0.25, 0.3) is 6.08 Å². The van der Waals surface area contributed by atoms with Gasteiger partial charge >= 0.3 is 0 Å². The van der Waals surface area contributed by atoms with Gasteiger partial charge in [0, 0.05) is 6.54 Å². The molecule has 3 N–H and O–H groups in total. The average Bonchev–Trinajstić information content (AvgIpc) is 2.14. The molecule has 13 heavy (non-hydrogen) atoms. The van der Waals surface area contributed by atoms with E-state index in [4.69, 9.17) is 5.73 Å². The molecular formula is C11H15NO. The molecule has 0 radical (unpaired) electrons. The second-order valence-electron chi connectivity index (χ2n) is 2.96. The molecule has 70 valence electrons. The van der Waals surface area contributed by atoms with Crippen molar-refractivity contribution in [2.45, 2.75) is 13.3 Å². The standard InChI is InChI=1S/C11H15NO/c1-2-9(8-12)6-10-4-3-5-11(13)7-10/h3-7,13H,2,8,12H2,1H3/b9-6-. The highest BCUT2D eigenvalue weighted by Gasteiger charge is 1.93. The van der Waals surface area contributed by atoms with E-state index in [2.05, 4.69) is 6.92 Å². The van der Waals surface area contributed by atoms with Crippen molar-refractivity contribution in [1.29, 1.82) is 0 Å². The van der Waals surface area contributed by atoms with Gasteiger partial charge in [-0.25, -0.2) is 0 Å². The van der Waals surface area contributed by atoms with Crippen LogP contribution in [0, 0.1) is 0 Å². The summed E-state index contributed by atoms with van der Waals surface area (Å²) in [5.74, 6) is 0.293. The maximum atomic E-state index is 9.21. The maximum Gasteiger partial charge on any atom is 0.116 e. The first-order valence-corrected chi connectivity index (χ1v) is 4.44. The summed E-state index contributed by atoms with van der Waals surface area (Å²) >= 11 is 0. The SMILES string of the molecule is CC/C(=C/c1cccc(O)c1)CN. The van der Waals surface area contributed by atoms with E-state index >= 15 is 0 Å². The van der Waals surface area contributed by atoms with Crippen LogP contribution in [-0.4, -0.2) is 11.7 Å². The fourth-order valence-corrected chi connectivity index (χ4v) is 1.16. The molecule has 0 saturated carbocycles. The van der Waals surface area contributed by atoms with Crippen molar-refractivity contribution in [2.24, 2.45) is 5.73 Å². The van der Waals surface area contributed by atoms with E-state index in [1.807, 2.05) is 18.2 Å². The molecule has 0 saturated heterocycles. The molecule has 0 amide bonds. The van der Waals surface area contributed by atoms with Crippen molar-refractivity contribution < 1.29 is 5.11 Å². The van der Waals surface area contributed by atoms with Crippen molar-refractivity contribution in [2.75, 3.05) is 6.54 Å². The average molecular weight is 177 g/mol. The van der Waals surface area contributed by atoms with Gasteiger partial charge in [0.2, 0.25) is 0 Å². The number of hydrogen-bond donors (Lipinski definition) is 2. The summed E-state index contributed by atoms with van der Waals surface area (Å²) in [7, 11) is 0. The van der Waals surface area contributed by atoms with Crippen molar-refractivity contribution in [1.82, 2.24) is 0 Å². The van der Waals surface area contributed by atoms with Crippen LogP contribution < -0.4 is 5.73 Å². The molecular weight excluding hydrogens is 162 g/mol. The molecule has 1 rings (SSSR count). The van der Waals surface area contributed by atoms with Crippen molar-refractivity contribution >= 4 is 6.08 Å². The third-order valence-corrected chi connectivity index (χ3v) is 1.96. The second-order valence-corrected chi connectivity index (χ2v) is 2.96. The highest BCUT2D eigenvalue weighted by atomic mass is 16.3. The fourth-order valence-electron chi connectivity index (χ4n) is 1.16. The maximum absolute atomic E-state index is 9.21. The first kappa shape index (κ1) is 9.81. The lowest BCUT2D eigenvalue weighted by Gasteiger charge is -2.00. The van der Waals surface area contributed by atoms with Crippen LogP contribution >= 0.6 is 0 Å². The van der Waals surface area contributed by atoms with Crippen molar-refractivity contribution in [3.8, 4) is 5.75 Å². The van der Waals surface area contributed by atoms with Gasteiger partial charge in [-0.05, 0) is 24.1 Å². The topological polar surface area (TPSA) is 46.2 Å². The largest absolute Gasteiger partial charge is 0.508 e. The number of rotatable bonds is 3. The highest BCUT2D eigenvalue weighted by molar-refractivity contribution is 5.54. The Morgan fingerprint density at radius 1 is 1.54 bits per heavy atom. The number of phenols is 1. The van der Waals surface area contributed by atoms with Crippen LogP contribution in [0.1, 0.15) is 18.9 Å². The minimum absolute atomic E-state index is 0.293. The van der Waals surface area contributed by atoms with E-state index in [1.54, 1.807) is 12.1 Å². The Labute approximate surface area is 78.7 Å². The summed E-state index contributed by atoms with van der Waals surface area (Å²) in [4.78, 5) is 0. The van der Waals surface area contributed by atoms with Crippen molar-refractivity contribution in [3.05, 3.63) is 35.4 Å². The van der Waals surface area contributed by atoms with Crippen molar-refractivity contribution in [3.63, 3.8) is 0 Å². The summed E-state index contributed by atoms with van der Waals surface area (Å²) in [6.07, 6.45) is 2.96. The zero-order valence-corrected chi connectivity index (χ0v) is 7.83. The summed E-state index contributed by atoms with van der Waals surface area (Å²) in [5.41, 5.74) is 7.73. The van der Waals surface area contributed by atoms with Gasteiger partial charge in [0.05, 0.1) is 0 Å². The predicted molar refractivity (Wildman–Crippen MR) is 55.4 cm³/mol. The molecule has 0 unspecified atom stereocenters. The van der Waals surface area contributed by atoms with Crippen LogP contribution in [0.3, 0.4) is 0 Å². The summed E-state index contributed by atoms with van der Waals surface area (Å²) in [6.45, 7) is 2.65. The molecule has 0 heterocycles. The molecule has 1 aromatic carbocycles. The van der Waals surface area contributed by atoms with Gasteiger partial charge < -0.3 is 10.8 Å². The van der Waals surface area contributed by atoms with Crippen LogP contribution in [0.15, 0.2) is 29.8 Å². The van der Waals surface area contributed by atoms with Gasteiger partial charge in [0.1, 0.15) is 5.75 Å². The minimum Gasteiger partial charge on any atom is -0.508 e. The third kappa shape index (κ3) is 2.92. The van der Waals surface area contributed by atoms with Gasteiger partial charge in [-0.3, -0.25) is 0 Å². The molecule has 0 aliphatic carbocycles. The second kappa shape index (κ2) is 4.67. The molecule has 2 heteroatoms. The van der Waals surface area contributed by atoms with Gasteiger partial charge in [-0.1, -0.05) is 30.7 Å². The molecule has 0 aromatic heterocycles. The highest BCUT2D eigenvalue weighted by Crippen LogP contribution is 2.14. The predicted octanol–water partition coefficient (Wildman–Crippen LogP) is 2.14. The van der Waals surface area contributed by atoms with Crippen LogP contribution in [0.4, 0.5) is 0 Å². The quantitative estimate of drug-likeness (QED) is 0.743. The smallest absolute Gasteiger partial charge is 0.116 e. The minimum atomic E-state index is 0.293. The van der Waals surface area contributed by atoms with E-state index < -0.39 is 0 Å². The van der Waals surface area contributed by atoms with E-state index in [9.17, 15) is 5.11 Å². The summed E-state index contributed by atoms with van der Waals surface area (Å²) < 4.78 is 0. The fraction of sp³-hybridized carbons (Fsp3) is 0.273. The number of aromatic hydroxyl groups is 1. The Morgan fingerprint density at radius 3 is 2.85 bits per heavy atom. The van der Waals surface area contributed by atoms with Crippen LogP contribution in [0.2, 0.25) is 0 Å². The zero-order chi connectivity index (χ0) is 9.68. The summed E-state index contributed by atoms with van der Waals surface area (Å²) in [5, 5.41) is 9.21. The Hall–Kier alpha value is -1.28. The Bertz CT molecular complexity index is 299. The van der Waals surface area contributed by atoms with Crippen LogP contribution in [-0.2, 0) is 0 Å². The Morgan fingerprint density at radius 2 is 2.31 bits per heavy atom. The lowest BCUT2D eigenvalue weighted by atomic mass is 10.1. The monoisotopic (exact) mass is 177 g/mol. The van der Waals surface area contributed by atoms with Gasteiger partial charge in [0.25, 0.3) is 0 Å². The van der Waals surface area contributed by atoms with Gasteiger partial charge in [0.15, 0.2) is 0 Å². The molecule has 1 aromatic rings. The van der Waals surface area contributed by atoms with E-state index in [0.717, 1.165) is 12.0 Å². The van der Waals surface area contributed by atoms with E-state index in [0.29, 0.717) is 12.3 Å². The molecule has 2 nitrogen and oxygen atoms in total. The van der Waals surface area contributed by atoms with Crippen LogP contribution in [0.5, 0.6) is 5.75 Å². The molecule has 0 aliphatic rings. The van der Waals surface area contributed by atoms with Gasteiger partial charge in [-0.15, -0.1) is 0 Å². The molecule has 0 atom stereocenters. The molecule has 0 spiro atoms. The molecule has 0 aliphatic heterocycles. The first-order valence-electron chi connectivity index (χ1n) is 4.44. The number of nitrogens with two attached hydrogens (primary N) is 1. The molecule has 0 fully saturated rings.